The molecule has 2 amide bonds. The van der Waals surface area contributed by atoms with E-state index < -0.39 is 17.9 Å². The van der Waals surface area contributed by atoms with Gasteiger partial charge in [-0.2, -0.15) is 0 Å². The average molecular weight is 424 g/mol. The smallest absolute Gasteiger partial charge is 0.310 e. The lowest BCUT2D eigenvalue weighted by Gasteiger charge is -2.31. The van der Waals surface area contributed by atoms with Crippen molar-refractivity contribution in [3.8, 4) is 0 Å². The number of hydrogen-bond donors (Lipinski definition) is 1. The fraction of sp³-hybridized carbons (Fsp3) is 0.375. The second kappa shape index (κ2) is 9.29. The third kappa shape index (κ3) is 5.29. The van der Waals surface area contributed by atoms with Crippen molar-refractivity contribution >= 4 is 17.8 Å². The quantitative estimate of drug-likeness (QED) is 0.723. The largest absolute Gasteiger partial charge is 0.447 e. The maximum absolute atomic E-state index is 13.1. The molecule has 1 N–H and O–H groups in total. The fourth-order valence-electron chi connectivity index (χ4n) is 3.71. The molecule has 0 spiro atoms. The number of nitrogens with one attached hydrogen (secondary N) is 1. The molecule has 0 bridgehead atoms. The van der Waals surface area contributed by atoms with Crippen LogP contribution in [0.25, 0.3) is 0 Å². The highest BCUT2D eigenvalue weighted by Crippen LogP contribution is 2.27. The second-order valence-corrected chi connectivity index (χ2v) is 8.08. The number of rotatable bonds is 6. The van der Waals surface area contributed by atoms with Crippen molar-refractivity contribution in [3.05, 3.63) is 71.5 Å². The molecule has 0 radical (unpaired) electrons. The summed E-state index contributed by atoms with van der Waals surface area (Å²) in [7, 11) is 0. The lowest BCUT2D eigenvalue weighted by atomic mass is 9.96. The molecule has 0 aromatic heterocycles. The standard InChI is InChI=1S/C24H25FN2O4/c25-19-8-6-17(7-9-19)23(29)27-14-12-18(13-15-27)24(30)31-21(16-4-2-1-3-5-16)22(28)26-20-10-11-20/h1-9,18,20-21H,10-15H2,(H,26,28). The molecule has 1 atom stereocenters. The van der Waals surface area contributed by atoms with E-state index in [1.54, 1.807) is 29.2 Å². The first-order valence-corrected chi connectivity index (χ1v) is 10.6. The van der Waals surface area contributed by atoms with Crippen LogP contribution in [0.5, 0.6) is 0 Å². The molecule has 1 unspecified atom stereocenters. The Hall–Kier alpha value is -3.22. The maximum Gasteiger partial charge on any atom is 0.310 e. The SMILES string of the molecule is O=C(OC(C(=O)NC1CC1)c1ccccc1)C1CCN(C(=O)c2ccc(F)cc2)CC1. The summed E-state index contributed by atoms with van der Waals surface area (Å²) in [5.74, 6) is -1.67. The molecule has 4 rings (SSSR count). The van der Waals surface area contributed by atoms with Gasteiger partial charge in [0.1, 0.15) is 5.82 Å². The minimum atomic E-state index is -0.979. The summed E-state index contributed by atoms with van der Waals surface area (Å²) < 4.78 is 18.7. The first-order chi connectivity index (χ1) is 15.0. The molecule has 1 saturated heterocycles. The number of piperidine rings is 1. The number of likely N-dealkylation sites (tertiary alicyclic amines) is 1. The Labute approximate surface area is 180 Å². The molecule has 1 aliphatic carbocycles. The van der Waals surface area contributed by atoms with Crippen LogP contribution in [0.15, 0.2) is 54.6 Å². The van der Waals surface area contributed by atoms with Gasteiger partial charge in [0.05, 0.1) is 5.92 Å². The number of ether oxygens (including phenoxy) is 1. The predicted octanol–water partition coefficient (Wildman–Crippen LogP) is 3.24. The van der Waals surface area contributed by atoms with Gasteiger partial charge in [0.25, 0.3) is 11.8 Å². The Bertz CT molecular complexity index is 936. The summed E-state index contributed by atoms with van der Waals surface area (Å²) in [6.45, 7) is 0.806. The molecule has 1 aliphatic heterocycles. The normalized spacial score (nSPS) is 17.6. The lowest BCUT2D eigenvalue weighted by molar-refractivity contribution is -0.161. The molecule has 6 nitrogen and oxygen atoms in total. The molecule has 2 aromatic carbocycles. The summed E-state index contributed by atoms with van der Waals surface area (Å²) in [5.41, 5.74) is 1.06. The Balaban J connectivity index is 1.36. The monoisotopic (exact) mass is 424 g/mol. The van der Waals surface area contributed by atoms with Gasteiger partial charge in [0.2, 0.25) is 6.10 Å². The van der Waals surface area contributed by atoms with Crippen molar-refractivity contribution in [1.29, 1.82) is 0 Å². The van der Waals surface area contributed by atoms with Crippen molar-refractivity contribution in [2.75, 3.05) is 13.1 Å². The fourth-order valence-corrected chi connectivity index (χ4v) is 3.71. The van der Waals surface area contributed by atoms with Crippen LogP contribution < -0.4 is 5.32 Å². The summed E-state index contributed by atoms with van der Waals surface area (Å²) in [5, 5.41) is 2.91. The van der Waals surface area contributed by atoms with Crippen LogP contribution in [0.3, 0.4) is 0 Å². The highest BCUT2D eigenvalue weighted by Gasteiger charge is 2.34. The van der Waals surface area contributed by atoms with Gasteiger partial charge in [-0.25, -0.2) is 4.39 Å². The zero-order chi connectivity index (χ0) is 21.8. The second-order valence-electron chi connectivity index (χ2n) is 8.08. The van der Waals surface area contributed by atoms with E-state index >= 15 is 0 Å². The van der Waals surface area contributed by atoms with Crippen molar-refractivity contribution in [3.63, 3.8) is 0 Å². The Morgan fingerprint density at radius 3 is 2.19 bits per heavy atom. The molecular formula is C24H25FN2O4. The Morgan fingerprint density at radius 1 is 0.935 bits per heavy atom. The molecule has 31 heavy (non-hydrogen) atoms. The predicted molar refractivity (Wildman–Crippen MR) is 111 cm³/mol. The van der Waals surface area contributed by atoms with Gasteiger partial charge in [0, 0.05) is 30.3 Å². The molecule has 2 fully saturated rings. The van der Waals surface area contributed by atoms with E-state index in [1.807, 2.05) is 6.07 Å². The number of esters is 1. The highest BCUT2D eigenvalue weighted by molar-refractivity contribution is 5.94. The van der Waals surface area contributed by atoms with Crippen LogP contribution >= 0.6 is 0 Å². The van der Waals surface area contributed by atoms with Crippen molar-refractivity contribution in [2.45, 2.75) is 37.8 Å². The zero-order valence-electron chi connectivity index (χ0n) is 17.1. The topological polar surface area (TPSA) is 75.7 Å². The van der Waals surface area contributed by atoms with Crippen LogP contribution in [0.1, 0.15) is 47.7 Å². The third-order valence-electron chi connectivity index (χ3n) is 5.70. The van der Waals surface area contributed by atoms with Gasteiger partial charge in [0.15, 0.2) is 0 Å². The molecule has 1 heterocycles. The van der Waals surface area contributed by atoms with Gasteiger partial charge in [-0.3, -0.25) is 14.4 Å². The lowest BCUT2D eigenvalue weighted by Crippen LogP contribution is -2.41. The van der Waals surface area contributed by atoms with Gasteiger partial charge in [-0.05, 0) is 49.9 Å². The van der Waals surface area contributed by atoms with E-state index in [9.17, 15) is 18.8 Å². The summed E-state index contributed by atoms with van der Waals surface area (Å²) in [6, 6.07) is 14.6. The summed E-state index contributed by atoms with van der Waals surface area (Å²) >= 11 is 0. The van der Waals surface area contributed by atoms with E-state index in [2.05, 4.69) is 5.32 Å². The van der Waals surface area contributed by atoms with Crippen molar-refractivity contribution in [1.82, 2.24) is 10.2 Å². The number of hydrogen-bond acceptors (Lipinski definition) is 4. The van der Waals surface area contributed by atoms with Crippen LogP contribution in [-0.4, -0.2) is 41.8 Å². The van der Waals surface area contributed by atoms with Crippen molar-refractivity contribution < 1.29 is 23.5 Å². The van der Waals surface area contributed by atoms with E-state index in [0.717, 1.165) is 12.8 Å². The number of nitrogens with zero attached hydrogens (tertiary/aromatic N) is 1. The molecular weight excluding hydrogens is 399 g/mol. The van der Waals surface area contributed by atoms with E-state index in [0.29, 0.717) is 37.1 Å². The molecule has 2 aromatic rings. The number of amides is 2. The number of benzene rings is 2. The molecule has 2 aliphatic rings. The van der Waals surface area contributed by atoms with E-state index in [-0.39, 0.29) is 23.8 Å². The number of carbonyl (C=O) groups is 3. The molecule has 1 saturated carbocycles. The van der Waals surface area contributed by atoms with Gasteiger partial charge in [-0.15, -0.1) is 0 Å². The highest BCUT2D eigenvalue weighted by atomic mass is 19.1. The molecule has 162 valence electrons. The zero-order valence-corrected chi connectivity index (χ0v) is 17.1. The van der Waals surface area contributed by atoms with Crippen LogP contribution in [-0.2, 0) is 14.3 Å². The van der Waals surface area contributed by atoms with Crippen molar-refractivity contribution in [2.24, 2.45) is 5.92 Å². The van der Waals surface area contributed by atoms with Gasteiger partial charge >= 0.3 is 5.97 Å². The van der Waals surface area contributed by atoms with E-state index in [4.69, 9.17) is 4.74 Å². The first kappa shape index (κ1) is 21.0. The first-order valence-electron chi connectivity index (χ1n) is 10.6. The summed E-state index contributed by atoms with van der Waals surface area (Å²) in [4.78, 5) is 39.7. The average Bonchev–Trinajstić information content (AvgIpc) is 3.62. The van der Waals surface area contributed by atoms with Crippen LogP contribution in [0.2, 0.25) is 0 Å². The van der Waals surface area contributed by atoms with Crippen LogP contribution in [0.4, 0.5) is 4.39 Å². The van der Waals surface area contributed by atoms with E-state index in [1.165, 1.54) is 24.3 Å². The number of halogens is 1. The third-order valence-corrected chi connectivity index (χ3v) is 5.70. The summed E-state index contributed by atoms with van der Waals surface area (Å²) in [6.07, 6.45) is 1.83. The Morgan fingerprint density at radius 2 is 1.58 bits per heavy atom. The minimum Gasteiger partial charge on any atom is -0.447 e. The maximum atomic E-state index is 13.1. The van der Waals surface area contributed by atoms with Gasteiger partial charge < -0.3 is 15.0 Å². The molecule has 7 heteroatoms. The van der Waals surface area contributed by atoms with Gasteiger partial charge in [-0.1, -0.05) is 30.3 Å². The van der Waals surface area contributed by atoms with Crippen LogP contribution in [0, 0.1) is 11.7 Å². The minimum absolute atomic E-state index is 0.165. The number of carbonyl (C=O) groups excluding carboxylic acids is 3. The Kier molecular flexibility index (Phi) is 6.30.